The SMILES string of the molecule is CCCC1(C(=O)O)CCN(C(=O)NCCC2CCCC2)C1. The zero-order valence-electron chi connectivity index (χ0n) is 13.1. The van der Waals surface area contributed by atoms with Crippen molar-refractivity contribution < 1.29 is 14.7 Å². The Labute approximate surface area is 127 Å². The Bertz CT molecular complexity index is 380. The minimum atomic E-state index is -0.759. The molecule has 0 aromatic rings. The van der Waals surface area contributed by atoms with Gasteiger partial charge in [0.05, 0.1) is 5.41 Å². The van der Waals surface area contributed by atoms with Gasteiger partial charge in [-0.3, -0.25) is 4.79 Å². The second-order valence-electron chi connectivity index (χ2n) is 6.68. The third kappa shape index (κ3) is 3.89. The zero-order valence-corrected chi connectivity index (χ0v) is 13.1. The molecule has 1 saturated heterocycles. The van der Waals surface area contributed by atoms with E-state index in [1.165, 1.54) is 25.7 Å². The first kappa shape index (κ1) is 16.1. The van der Waals surface area contributed by atoms with Crippen LogP contribution in [0.15, 0.2) is 0 Å². The molecular formula is C16H28N2O3. The molecule has 1 aliphatic heterocycles. The van der Waals surface area contributed by atoms with Gasteiger partial charge in [-0.25, -0.2) is 4.79 Å². The first-order valence-corrected chi connectivity index (χ1v) is 8.33. The van der Waals surface area contributed by atoms with Crippen LogP contribution in [0.2, 0.25) is 0 Å². The minimum absolute atomic E-state index is 0.0905. The van der Waals surface area contributed by atoms with Gasteiger partial charge >= 0.3 is 12.0 Å². The van der Waals surface area contributed by atoms with Gasteiger partial charge in [0, 0.05) is 19.6 Å². The number of hydrogen-bond acceptors (Lipinski definition) is 2. The molecule has 1 atom stereocenters. The van der Waals surface area contributed by atoms with Crippen LogP contribution in [0.3, 0.4) is 0 Å². The first-order chi connectivity index (χ1) is 10.1. The van der Waals surface area contributed by atoms with Crippen molar-refractivity contribution in [2.24, 2.45) is 11.3 Å². The quantitative estimate of drug-likeness (QED) is 0.792. The molecule has 0 aromatic heterocycles. The van der Waals surface area contributed by atoms with Crippen LogP contribution in [0.1, 0.15) is 58.3 Å². The molecule has 2 aliphatic rings. The van der Waals surface area contributed by atoms with Crippen LogP contribution in [0, 0.1) is 11.3 Å². The number of carbonyl (C=O) groups is 2. The van der Waals surface area contributed by atoms with Crippen molar-refractivity contribution in [3.8, 4) is 0 Å². The van der Waals surface area contributed by atoms with Gasteiger partial charge in [0.2, 0.25) is 0 Å². The van der Waals surface area contributed by atoms with Crippen LogP contribution in [0.5, 0.6) is 0 Å². The highest BCUT2D eigenvalue weighted by molar-refractivity contribution is 5.79. The molecule has 1 heterocycles. The summed E-state index contributed by atoms with van der Waals surface area (Å²) in [4.78, 5) is 25.3. The number of hydrogen-bond donors (Lipinski definition) is 2. The smallest absolute Gasteiger partial charge is 0.317 e. The van der Waals surface area contributed by atoms with Crippen molar-refractivity contribution in [2.75, 3.05) is 19.6 Å². The van der Waals surface area contributed by atoms with Gasteiger partial charge in [-0.05, 0) is 25.2 Å². The lowest BCUT2D eigenvalue weighted by atomic mass is 9.83. The number of likely N-dealkylation sites (tertiary alicyclic amines) is 1. The van der Waals surface area contributed by atoms with Gasteiger partial charge in [-0.15, -0.1) is 0 Å². The minimum Gasteiger partial charge on any atom is -0.481 e. The van der Waals surface area contributed by atoms with E-state index in [0.29, 0.717) is 32.5 Å². The van der Waals surface area contributed by atoms with Crippen molar-refractivity contribution in [1.82, 2.24) is 10.2 Å². The molecule has 2 amide bonds. The lowest BCUT2D eigenvalue weighted by Crippen LogP contribution is -2.42. The van der Waals surface area contributed by atoms with E-state index in [1.807, 2.05) is 6.92 Å². The second-order valence-corrected chi connectivity index (χ2v) is 6.68. The van der Waals surface area contributed by atoms with Crippen molar-refractivity contribution in [2.45, 2.75) is 58.3 Å². The van der Waals surface area contributed by atoms with Crippen molar-refractivity contribution in [3.05, 3.63) is 0 Å². The Morgan fingerprint density at radius 1 is 1.33 bits per heavy atom. The number of carboxylic acids is 1. The Morgan fingerprint density at radius 3 is 2.67 bits per heavy atom. The molecule has 0 radical (unpaired) electrons. The van der Waals surface area contributed by atoms with E-state index < -0.39 is 11.4 Å². The maximum absolute atomic E-state index is 12.2. The van der Waals surface area contributed by atoms with Gasteiger partial charge in [-0.2, -0.15) is 0 Å². The van der Waals surface area contributed by atoms with Gasteiger partial charge in [0.1, 0.15) is 0 Å². The zero-order chi connectivity index (χ0) is 15.3. The summed E-state index contributed by atoms with van der Waals surface area (Å²) in [5.74, 6) is 0.00712. The summed E-state index contributed by atoms with van der Waals surface area (Å²) in [6.45, 7) is 3.62. The number of nitrogens with one attached hydrogen (secondary N) is 1. The fourth-order valence-corrected chi connectivity index (χ4v) is 3.80. The van der Waals surface area contributed by atoms with E-state index in [2.05, 4.69) is 5.32 Å². The molecule has 2 N–H and O–H groups in total. The molecule has 0 spiro atoms. The summed E-state index contributed by atoms with van der Waals surface area (Å²) in [6.07, 6.45) is 8.34. The standard InChI is InChI=1S/C16H28N2O3/c1-2-8-16(14(19)20)9-11-18(12-16)15(21)17-10-7-13-5-3-4-6-13/h13H,2-12H2,1H3,(H,17,21)(H,19,20). The van der Waals surface area contributed by atoms with Crippen LogP contribution >= 0.6 is 0 Å². The molecule has 2 rings (SSSR count). The largest absolute Gasteiger partial charge is 0.481 e. The van der Waals surface area contributed by atoms with Gasteiger partial charge < -0.3 is 15.3 Å². The third-order valence-corrected chi connectivity index (χ3v) is 5.13. The predicted octanol–water partition coefficient (Wildman–Crippen LogP) is 2.85. The number of amides is 2. The van der Waals surface area contributed by atoms with Crippen LogP contribution in [-0.2, 0) is 4.79 Å². The molecule has 5 nitrogen and oxygen atoms in total. The second kappa shape index (κ2) is 7.14. The van der Waals surface area contributed by atoms with Gasteiger partial charge in [-0.1, -0.05) is 39.0 Å². The fraction of sp³-hybridized carbons (Fsp3) is 0.875. The van der Waals surface area contributed by atoms with Crippen molar-refractivity contribution >= 4 is 12.0 Å². The van der Waals surface area contributed by atoms with Crippen LogP contribution in [0.25, 0.3) is 0 Å². The van der Waals surface area contributed by atoms with E-state index in [9.17, 15) is 14.7 Å². The molecule has 120 valence electrons. The Morgan fingerprint density at radius 2 is 2.05 bits per heavy atom. The molecule has 5 heteroatoms. The summed E-state index contributed by atoms with van der Waals surface area (Å²) in [5, 5.41) is 12.4. The number of carbonyl (C=O) groups excluding carboxylic acids is 1. The highest BCUT2D eigenvalue weighted by atomic mass is 16.4. The molecule has 1 aliphatic carbocycles. The highest BCUT2D eigenvalue weighted by Gasteiger charge is 2.45. The van der Waals surface area contributed by atoms with Crippen molar-refractivity contribution in [1.29, 1.82) is 0 Å². The Balaban J connectivity index is 1.76. The molecule has 1 unspecified atom stereocenters. The third-order valence-electron chi connectivity index (χ3n) is 5.13. The van der Waals surface area contributed by atoms with Crippen LogP contribution < -0.4 is 5.32 Å². The number of rotatable bonds is 6. The summed E-state index contributed by atoms with van der Waals surface area (Å²) < 4.78 is 0. The molecule has 2 fully saturated rings. The van der Waals surface area contributed by atoms with E-state index in [1.54, 1.807) is 4.90 Å². The summed E-state index contributed by atoms with van der Waals surface area (Å²) >= 11 is 0. The summed E-state index contributed by atoms with van der Waals surface area (Å²) in [6, 6.07) is -0.0905. The van der Waals surface area contributed by atoms with Gasteiger partial charge in [0.15, 0.2) is 0 Å². The number of nitrogens with zero attached hydrogens (tertiary/aromatic N) is 1. The molecule has 0 bridgehead atoms. The molecule has 0 aromatic carbocycles. The molecular weight excluding hydrogens is 268 g/mol. The van der Waals surface area contributed by atoms with E-state index in [4.69, 9.17) is 0 Å². The fourth-order valence-electron chi connectivity index (χ4n) is 3.80. The summed E-state index contributed by atoms with van der Waals surface area (Å²) in [5.41, 5.74) is -0.725. The van der Waals surface area contributed by atoms with E-state index >= 15 is 0 Å². The average Bonchev–Trinajstić information content (AvgIpc) is 3.09. The number of carboxylic acid groups (broad SMARTS) is 1. The average molecular weight is 296 g/mol. The molecule has 1 saturated carbocycles. The van der Waals surface area contributed by atoms with Crippen molar-refractivity contribution in [3.63, 3.8) is 0 Å². The monoisotopic (exact) mass is 296 g/mol. The number of urea groups is 1. The summed E-state index contributed by atoms with van der Waals surface area (Å²) in [7, 11) is 0. The lowest BCUT2D eigenvalue weighted by Gasteiger charge is -2.24. The maximum atomic E-state index is 12.2. The maximum Gasteiger partial charge on any atom is 0.317 e. The van der Waals surface area contributed by atoms with E-state index in [0.717, 1.165) is 18.8 Å². The van der Waals surface area contributed by atoms with Gasteiger partial charge in [0.25, 0.3) is 0 Å². The Kier molecular flexibility index (Phi) is 5.48. The number of aliphatic carboxylic acids is 1. The Hall–Kier alpha value is -1.26. The topological polar surface area (TPSA) is 69.6 Å². The highest BCUT2D eigenvalue weighted by Crippen LogP contribution is 2.35. The van der Waals surface area contributed by atoms with Crippen LogP contribution in [0.4, 0.5) is 4.79 Å². The lowest BCUT2D eigenvalue weighted by molar-refractivity contribution is -0.148. The van der Waals surface area contributed by atoms with Crippen LogP contribution in [-0.4, -0.2) is 41.6 Å². The normalized spacial score (nSPS) is 26.2. The predicted molar refractivity (Wildman–Crippen MR) is 81.1 cm³/mol. The molecule has 21 heavy (non-hydrogen) atoms. The van der Waals surface area contributed by atoms with E-state index in [-0.39, 0.29) is 6.03 Å². The first-order valence-electron chi connectivity index (χ1n) is 8.33.